The summed E-state index contributed by atoms with van der Waals surface area (Å²) in [6.45, 7) is 9.59. The third-order valence-electron chi connectivity index (χ3n) is 5.47. The molecule has 2 heteroatoms. The molecular weight excluding hydrogens is 232 g/mol. The Balaban J connectivity index is 2.03. The summed E-state index contributed by atoms with van der Waals surface area (Å²) in [6, 6.07) is 2.41. The highest BCUT2D eigenvalue weighted by atomic mass is 15.3. The van der Waals surface area contributed by atoms with Crippen molar-refractivity contribution in [1.82, 2.24) is 10.2 Å². The number of hydrogen-bond acceptors (Lipinski definition) is 2. The van der Waals surface area contributed by atoms with Crippen molar-refractivity contribution < 1.29 is 0 Å². The summed E-state index contributed by atoms with van der Waals surface area (Å²) in [4.78, 5) is 2.91. The quantitative estimate of drug-likeness (QED) is 0.814. The molecule has 0 spiro atoms. The molecule has 4 unspecified atom stereocenters. The van der Waals surface area contributed by atoms with E-state index < -0.39 is 0 Å². The molecule has 19 heavy (non-hydrogen) atoms. The Morgan fingerprint density at radius 1 is 1.05 bits per heavy atom. The molecule has 1 N–H and O–H groups in total. The molecule has 2 aliphatic rings. The van der Waals surface area contributed by atoms with Gasteiger partial charge in [0.05, 0.1) is 0 Å². The van der Waals surface area contributed by atoms with Gasteiger partial charge in [0.15, 0.2) is 0 Å². The molecule has 0 aromatic carbocycles. The highest BCUT2D eigenvalue weighted by Crippen LogP contribution is 2.33. The van der Waals surface area contributed by atoms with Gasteiger partial charge >= 0.3 is 0 Å². The van der Waals surface area contributed by atoms with Crippen LogP contribution in [0.2, 0.25) is 0 Å². The second-order valence-electron chi connectivity index (χ2n) is 6.67. The number of piperazine rings is 1. The van der Waals surface area contributed by atoms with Gasteiger partial charge in [-0.15, -0.1) is 0 Å². The van der Waals surface area contributed by atoms with Gasteiger partial charge in [-0.1, -0.05) is 46.5 Å². The molecule has 1 heterocycles. The van der Waals surface area contributed by atoms with Crippen molar-refractivity contribution in [2.75, 3.05) is 13.1 Å². The second-order valence-corrected chi connectivity index (χ2v) is 6.67. The lowest BCUT2D eigenvalue weighted by molar-refractivity contribution is 0.0261. The van der Waals surface area contributed by atoms with Gasteiger partial charge in [-0.3, -0.25) is 4.90 Å². The van der Waals surface area contributed by atoms with Crippen LogP contribution in [0.15, 0.2) is 0 Å². The van der Waals surface area contributed by atoms with E-state index in [0.717, 1.165) is 24.0 Å². The van der Waals surface area contributed by atoms with Crippen molar-refractivity contribution in [2.45, 2.75) is 90.3 Å². The van der Waals surface area contributed by atoms with Gasteiger partial charge in [-0.25, -0.2) is 0 Å². The van der Waals surface area contributed by atoms with Crippen LogP contribution in [0.3, 0.4) is 0 Å². The second kappa shape index (κ2) is 7.64. The normalized spacial score (nSPS) is 37.4. The van der Waals surface area contributed by atoms with Crippen LogP contribution < -0.4 is 5.32 Å². The number of nitrogens with one attached hydrogen (secondary N) is 1. The molecule has 0 aromatic heterocycles. The predicted octanol–water partition coefficient (Wildman–Crippen LogP) is 3.81. The van der Waals surface area contributed by atoms with Gasteiger partial charge in [0.1, 0.15) is 0 Å². The zero-order valence-electron chi connectivity index (χ0n) is 13.3. The van der Waals surface area contributed by atoms with E-state index in [9.17, 15) is 0 Å². The monoisotopic (exact) mass is 266 g/mol. The predicted molar refractivity (Wildman–Crippen MR) is 83.5 cm³/mol. The molecule has 0 aromatic rings. The highest BCUT2D eigenvalue weighted by Gasteiger charge is 2.35. The fourth-order valence-corrected chi connectivity index (χ4v) is 4.32. The van der Waals surface area contributed by atoms with Crippen LogP contribution in [0.4, 0.5) is 0 Å². The SMILES string of the molecule is CCCC1CN(C2CCCCC2CC)C(CC)CN1. The molecule has 1 aliphatic heterocycles. The minimum Gasteiger partial charge on any atom is -0.311 e. The Labute approximate surface area is 120 Å². The van der Waals surface area contributed by atoms with Crippen molar-refractivity contribution in [3.05, 3.63) is 0 Å². The van der Waals surface area contributed by atoms with Crippen LogP contribution in [0.25, 0.3) is 0 Å². The molecule has 2 nitrogen and oxygen atoms in total. The maximum Gasteiger partial charge on any atom is 0.0221 e. The highest BCUT2D eigenvalue weighted by molar-refractivity contribution is 4.92. The summed E-state index contributed by atoms with van der Waals surface area (Å²) in [6.07, 6.45) is 11.2. The van der Waals surface area contributed by atoms with Crippen molar-refractivity contribution in [3.63, 3.8) is 0 Å². The van der Waals surface area contributed by atoms with E-state index in [0.29, 0.717) is 0 Å². The first kappa shape index (κ1) is 15.3. The smallest absolute Gasteiger partial charge is 0.0221 e. The summed E-state index contributed by atoms with van der Waals surface area (Å²) in [7, 11) is 0. The van der Waals surface area contributed by atoms with E-state index in [-0.39, 0.29) is 0 Å². The maximum atomic E-state index is 3.78. The lowest BCUT2D eigenvalue weighted by atomic mass is 9.80. The Morgan fingerprint density at radius 2 is 1.84 bits per heavy atom. The molecule has 4 atom stereocenters. The molecule has 112 valence electrons. The van der Waals surface area contributed by atoms with Crippen molar-refractivity contribution in [2.24, 2.45) is 5.92 Å². The van der Waals surface area contributed by atoms with Gasteiger partial charge in [0.2, 0.25) is 0 Å². The van der Waals surface area contributed by atoms with Crippen LogP contribution in [0.5, 0.6) is 0 Å². The maximum absolute atomic E-state index is 3.78. The molecule has 1 saturated carbocycles. The van der Waals surface area contributed by atoms with Crippen LogP contribution >= 0.6 is 0 Å². The third kappa shape index (κ3) is 3.72. The number of rotatable bonds is 5. The van der Waals surface area contributed by atoms with Gasteiger partial charge in [0.25, 0.3) is 0 Å². The lowest BCUT2D eigenvalue weighted by Crippen LogP contribution is -2.60. The largest absolute Gasteiger partial charge is 0.311 e. The summed E-state index contributed by atoms with van der Waals surface area (Å²) in [5, 5.41) is 3.78. The van der Waals surface area contributed by atoms with Crippen LogP contribution in [-0.2, 0) is 0 Å². The average molecular weight is 266 g/mol. The van der Waals surface area contributed by atoms with Gasteiger partial charge < -0.3 is 5.32 Å². The molecule has 2 rings (SSSR count). The minimum atomic E-state index is 0.743. The van der Waals surface area contributed by atoms with E-state index in [4.69, 9.17) is 0 Å². The van der Waals surface area contributed by atoms with Crippen LogP contribution in [0.1, 0.15) is 72.1 Å². The van der Waals surface area contributed by atoms with Crippen molar-refractivity contribution >= 4 is 0 Å². The fraction of sp³-hybridized carbons (Fsp3) is 1.00. The van der Waals surface area contributed by atoms with E-state index >= 15 is 0 Å². The van der Waals surface area contributed by atoms with E-state index in [1.165, 1.54) is 64.5 Å². The Morgan fingerprint density at radius 3 is 2.53 bits per heavy atom. The van der Waals surface area contributed by atoms with Gasteiger partial charge in [-0.2, -0.15) is 0 Å². The Bertz CT molecular complexity index is 254. The first-order valence-electron chi connectivity index (χ1n) is 8.79. The number of hydrogen-bond donors (Lipinski definition) is 1. The Hall–Kier alpha value is -0.0800. The summed E-state index contributed by atoms with van der Waals surface area (Å²) in [5.41, 5.74) is 0. The Kier molecular flexibility index (Phi) is 6.15. The van der Waals surface area contributed by atoms with Gasteiger partial charge in [0, 0.05) is 31.2 Å². The van der Waals surface area contributed by atoms with E-state index in [1.807, 2.05) is 0 Å². The topological polar surface area (TPSA) is 15.3 Å². The van der Waals surface area contributed by atoms with E-state index in [1.54, 1.807) is 0 Å². The first-order valence-corrected chi connectivity index (χ1v) is 8.79. The van der Waals surface area contributed by atoms with Crippen LogP contribution in [-0.4, -0.2) is 36.1 Å². The van der Waals surface area contributed by atoms with Crippen molar-refractivity contribution in [1.29, 1.82) is 0 Å². The summed E-state index contributed by atoms with van der Waals surface area (Å²) >= 11 is 0. The molecule has 2 fully saturated rings. The van der Waals surface area contributed by atoms with Crippen LogP contribution in [0, 0.1) is 5.92 Å². The number of nitrogens with zero attached hydrogens (tertiary/aromatic N) is 1. The third-order valence-corrected chi connectivity index (χ3v) is 5.47. The van der Waals surface area contributed by atoms with Crippen molar-refractivity contribution in [3.8, 4) is 0 Å². The van der Waals surface area contributed by atoms with Gasteiger partial charge in [-0.05, 0) is 31.6 Å². The summed E-state index contributed by atoms with van der Waals surface area (Å²) in [5.74, 6) is 0.961. The minimum absolute atomic E-state index is 0.743. The standard InChI is InChI=1S/C17H34N2/c1-4-9-15-13-19(16(6-3)12-18-15)17-11-8-7-10-14(17)5-2/h14-18H,4-13H2,1-3H3. The molecule has 1 aliphatic carbocycles. The molecule has 0 amide bonds. The summed E-state index contributed by atoms with van der Waals surface area (Å²) < 4.78 is 0. The average Bonchev–Trinajstić information content (AvgIpc) is 2.47. The zero-order chi connectivity index (χ0) is 13.7. The fourth-order valence-electron chi connectivity index (χ4n) is 4.32. The molecule has 0 bridgehead atoms. The first-order chi connectivity index (χ1) is 9.30. The van der Waals surface area contributed by atoms with E-state index in [2.05, 4.69) is 31.0 Å². The molecular formula is C17H34N2. The molecule has 1 saturated heterocycles. The zero-order valence-corrected chi connectivity index (χ0v) is 13.3. The lowest BCUT2D eigenvalue weighted by Gasteiger charge is -2.48. The molecule has 0 radical (unpaired) electrons.